The molecule has 202 valence electrons. The minimum atomic E-state index is -0.389. The number of unbranched alkanes of at least 4 members (excludes halogenated alkanes) is 2. The summed E-state index contributed by atoms with van der Waals surface area (Å²) in [4.78, 5) is 31.0. The molecule has 0 bridgehead atoms. The SMILES string of the molecule is CCCCCc1ccc(Nc2nc(C#N)c(C#N)nc2CC(=O)c2c(C)n(CC)c3nc(C#N)c(C#N)nc23)cc1. The number of hydrogen-bond donors (Lipinski definition) is 1. The second-order valence-corrected chi connectivity index (χ2v) is 9.34. The molecule has 0 aliphatic heterocycles. The Morgan fingerprint density at radius 1 is 0.854 bits per heavy atom. The summed E-state index contributed by atoms with van der Waals surface area (Å²) in [6.45, 7) is 6.23. The topological polar surface area (TPSA) is 181 Å². The fourth-order valence-electron chi connectivity index (χ4n) is 4.68. The van der Waals surface area contributed by atoms with E-state index in [2.05, 4.69) is 32.2 Å². The lowest BCUT2D eigenvalue weighted by molar-refractivity contribution is 0.0992. The molecule has 41 heavy (non-hydrogen) atoms. The molecule has 4 aromatic rings. The van der Waals surface area contributed by atoms with Crippen LogP contribution in [0, 0.1) is 52.2 Å². The first-order valence-electron chi connectivity index (χ1n) is 13.2. The first-order chi connectivity index (χ1) is 19.9. The third-order valence-electron chi connectivity index (χ3n) is 6.74. The monoisotopic (exact) mass is 542 g/mol. The predicted molar refractivity (Wildman–Crippen MR) is 150 cm³/mol. The molecule has 0 aliphatic rings. The smallest absolute Gasteiger partial charge is 0.179 e. The second-order valence-electron chi connectivity index (χ2n) is 9.34. The maximum Gasteiger partial charge on any atom is 0.179 e. The normalized spacial score (nSPS) is 10.4. The Labute approximate surface area is 237 Å². The summed E-state index contributed by atoms with van der Waals surface area (Å²) < 4.78 is 1.75. The summed E-state index contributed by atoms with van der Waals surface area (Å²) in [5, 5.41) is 41.2. The lowest BCUT2D eigenvalue weighted by atomic mass is 10.0. The van der Waals surface area contributed by atoms with Crippen molar-refractivity contribution in [1.82, 2.24) is 24.5 Å². The highest BCUT2D eigenvalue weighted by atomic mass is 16.1. The van der Waals surface area contributed by atoms with E-state index in [1.807, 2.05) is 55.5 Å². The minimum Gasteiger partial charge on any atom is -0.339 e. The number of aryl methyl sites for hydroxylation is 2. The van der Waals surface area contributed by atoms with Crippen molar-refractivity contribution in [3.63, 3.8) is 0 Å². The molecule has 1 N–H and O–H groups in total. The number of benzene rings is 1. The van der Waals surface area contributed by atoms with Crippen LogP contribution in [0.15, 0.2) is 24.3 Å². The van der Waals surface area contributed by atoms with Crippen molar-refractivity contribution >= 4 is 28.5 Å². The molecular weight excluding hydrogens is 516 g/mol. The number of carbonyl (C=O) groups is 1. The maximum atomic E-state index is 13.8. The van der Waals surface area contributed by atoms with Gasteiger partial charge in [0.2, 0.25) is 0 Å². The van der Waals surface area contributed by atoms with Crippen LogP contribution >= 0.6 is 0 Å². The second kappa shape index (κ2) is 12.5. The van der Waals surface area contributed by atoms with Gasteiger partial charge in [0.25, 0.3) is 0 Å². The van der Waals surface area contributed by atoms with Gasteiger partial charge in [-0.25, -0.2) is 19.9 Å². The van der Waals surface area contributed by atoms with Gasteiger partial charge in [-0.15, -0.1) is 0 Å². The summed E-state index contributed by atoms with van der Waals surface area (Å²) in [7, 11) is 0. The first kappa shape index (κ1) is 28.4. The Balaban J connectivity index is 1.75. The molecule has 0 radical (unpaired) electrons. The highest BCUT2D eigenvalue weighted by Crippen LogP contribution is 2.28. The molecular formula is C30H26N10O. The molecule has 0 atom stereocenters. The molecule has 1 aromatic carbocycles. The van der Waals surface area contributed by atoms with E-state index in [4.69, 9.17) is 0 Å². The molecule has 11 heteroatoms. The van der Waals surface area contributed by atoms with E-state index in [1.54, 1.807) is 11.5 Å². The van der Waals surface area contributed by atoms with Gasteiger partial charge in [-0.05, 0) is 44.4 Å². The van der Waals surface area contributed by atoms with Crippen LogP contribution in [-0.2, 0) is 19.4 Å². The summed E-state index contributed by atoms with van der Waals surface area (Å²) in [5.41, 5.74) is 2.76. The van der Waals surface area contributed by atoms with Crippen molar-refractivity contribution in [2.75, 3.05) is 5.32 Å². The molecule has 0 spiro atoms. The molecule has 3 aromatic heterocycles. The lowest BCUT2D eigenvalue weighted by Gasteiger charge is -2.12. The molecule has 0 aliphatic carbocycles. The van der Waals surface area contributed by atoms with Crippen molar-refractivity contribution in [2.24, 2.45) is 0 Å². The van der Waals surface area contributed by atoms with Gasteiger partial charge in [0.1, 0.15) is 29.8 Å². The summed E-state index contributed by atoms with van der Waals surface area (Å²) in [6.07, 6.45) is 4.12. The van der Waals surface area contributed by atoms with Gasteiger partial charge in [0.15, 0.2) is 40.0 Å². The molecule has 0 amide bonds. The van der Waals surface area contributed by atoms with Crippen molar-refractivity contribution in [3.8, 4) is 24.3 Å². The van der Waals surface area contributed by atoms with Gasteiger partial charge in [-0.3, -0.25) is 4.79 Å². The van der Waals surface area contributed by atoms with Crippen molar-refractivity contribution < 1.29 is 4.79 Å². The van der Waals surface area contributed by atoms with Crippen molar-refractivity contribution in [3.05, 3.63) is 69.6 Å². The van der Waals surface area contributed by atoms with Crippen LogP contribution in [0.3, 0.4) is 0 Å². The van der Waals surface area contributed by atoms with Crippen LogP contribution < -0.4 is 5.32 Å². The highest BCUT2D eigenvalue weighted by molar-refractivity contribution is 6.08. The van der Waals surface area contributed by atoms with Gasteiger partial charge in [0, 0.05) is 17.9 Å². The molecule has 0 saturated heterocycles. The number of aromatic nitrogens is 5. The van der Waals surface area contributed by atoms with Gasteiger partial charge >= 0.3 is 0 Å². The zero-order valence-electron chi connectivity index (χ0n) is 23.0. The zero-order chi connectivity index (χ0) is 29.5. The van der Waals surface area contributed by atoms with E-state index in [-0.39, 0.29) is 57.6 Å². The van der Waals surface area contributed by atoms with E-state index < -0.39 is 0 Å². The Bertz CT molecular complexity index is 1810. The largest absolute Gasteiger partial charge is 0.339 e. The number of anilines is 2. The summed E-state index contributed by atoms with van der Waals surface area (Å²) in [5.74, 6) is -0.208. The standard InChI is InChI=1S/C30H26N10O/c1-4-6-7-8-19-9-11-20(12-10-19)35-29-21(36-22(14-31)24(16-33)38-29)13-26(41)27-18(3)40(5-2)30-28(27)37-23(15-32)25(17-34)39-30/h9-12H,4-8,13H2,1-3H3,(H,35,38). The number of ketones is 1. The Morgan fingerprint density at radius 2 is 1.46 bits per heavy atom. The first-order valence-corrected chi connectivity index (χ1v) is 13.2. The number of Topliss-reactive ketones (excluding diaryl/α,β-unsaturated/α-hetero) is 1. The number of carbonyl (C=O) groups excluding carboxylic acids is 1. The molecule has 0 unspecified atom stereocenters. The Hall–Kier alpha value is -5.65. The summed E-state index contributed by atoms with van der Waals surface area (Å²) in [6, 6.07) is 15.3. The number of nitrogens with one attached hydrogen (secondary N) is 1. The van der Waals surface area contributed by atoms with E-state index in [0.717, 1.165) is 25.7 Å². The minimum absolute atomic E-state index is 0.120. The number of nitriles is 4. The maximum absolute atomic E-state index is 13.8. The number of fused-ring (bicyclic) bond motifs is 1. The van der Waals surface area contributed by atoms with Crippen LogP contribution in [0.4, 0.5) is 11.5 Å². The Kier molecular flexibility index (Phi) is 8.63. The lowest BCUT2D eigenvalue weighted by Crippen LogP contribution is -2.13. The van der Waals surface area contributed by atoms with Crippen molar-refractivity contribution in [1.29, 1.82) is 21.0 Å². The van der Waals surface area contributed by atoms with Crippen LogP contribution in [0.2, 0.25) is 0 Å². The van der Waals surface area contributed by atoms with Gasteiger partial charge < -0.3 is 9.88 Å². The van der Waals surface area contributed by atoms with Crippen LogP contribution in [0.25, 0.3) is 11.2 Å². The summed E-state index contributed by atoms with van der Waals surface area (Å²) >= 11 is 0. The van der Waals surface area contributed by atoms with Crippen LogP contribution in [-0.4, -0.2) is 30.3 Å². The number of hydrogen-bond acceptors (Lipinski definition) is 10. The average Bonchev–Trinajstić information content (AvgIpc) is 3.27. The molecule has 3 heterocycles. The van der Waals surface area contributed by atoms with E-state index >= 15 is 0 Å². The third-order valence-corrected chi connectivity index (χ3v) is 6.74. The van der Waals surface area contributed by atoms with Gasteiger partial charge in [-0.2, -0.15) is 21.0 Å². The van der Waals surface area contributed by atoms with Crippen LogP contribution in [0.1, 0.15) is 83.2 Å². The highest BCUT2D eigenvalue weighted by Gasteiger charge is 2.26. The molecule has 11 nitrogen and oxygen atoms in total. The quantitative estimate of drug-likeness (QED) is 0.213. The fourth-order valence-corrected chi connectivity index (χ4v) is 4.68. The van der Waals surface area contributed by atoms with E-state index in [9.17, 15) is 25.8 Å². The van der Waals surface area contributed by atoms with E-state index in [1.165, 1.54) is 5.56 Å². The third kappa shape index (κ3) is 5.71. The molecule has 0 fully saturated rings. The Morgan fingerprint density at radius 3 is 2.07 bits per heavy atom. The van der Waals surface area contributed by atoms with Crippen molar-refractivity contribution in [2.45, 2.75) is 59.4 Å². The van der Waals surface area contributed by atoms with Gasteiger partial charge in [0.05, 0.1) is 17.7 Å². The predicted octanol–water partition coefficient (Wildman–Crippen LogP) is 4.94. The van der Waals surface area contributed by atoms with Gasteiger partial charge in [-0.1, -0.05) is 31.9 Å². The number of nitrogens with zero attached hydrogens (tertiary/aromatic N) is 9. The fraction of sp³-hybridized carbons (Fsp3) is 0.300. The number of rotatable bonds is 10. The zero-order valence-corrected chi connectivity index (χ0v) is 23.0. The van der Waals surface area contributed by atoms with E-state index in [0.29, 0.717) is 23.6 Å². The molecule has 4 rings (SSSR count). The van der Waals surface area contributed by atoms with Crippen LogP contribution in [0.5, 0.6) is 0 Å². The molecule has 0 saturated carbocycles. The average molecular weight is 543 g/mol.